The summed E-state index contributed by atoms with van der Waals surface area (Å²) in [7, 11) is 0. The molecule has 0 fully saturated rings. The van der Waals surface area contributed by atoms with Gasteiger partial charge >= 0.3 is 157 Å². The van der Waals surface area contributed by atoms with Crippen LogP contribution in [0.25, 0.3) is 0 Å². The van der Waals surface area contributed by atoms with Gasteiger partial charge in [0.15, 0.2) is 0 Å². The Kier molecular flexibility index (Phi) is 154. The fourth-order valence-electron chi connectivity index (χ4n) is 1.58. The summed E-state index contributed by atoms with van der Waals surface area (Å²) in [4.78, 5) is 116. The summed E-state index contributed by atoms with van der Waals surface area (Å²) < 4.78 is 0. The van der Waals surface area contributed by atoms with Crippen molar-refractivity contribution in [2.24, 2.45) is 34.4 Å². The van der Waals surface area contributed by atoms with E-state index < -0.39 is 146 Å². The average Bonchev–Trinajstić information content (AvgIpc) is 2.96. The first-order valence-corrected chi connectivity index (χ1v) is 13.2. The quantitative estimate of drug-likeness (QED) is 0.0742. The van der Waals surface area contributed by atoms with E-state index in [1.165, 1.54) is 0 Å². The van der Waals surface area contributed by atoms with Gasteiger partial charge in [-0.3, -0.25) is 0 Å². The maximum absolute atomic E-state index is 9.71. The summed E-state index contributed by atoms with van der Waals surface area (Å²) in [6.07, 6.45) is -4.24. The van der Waals surface area contributed by atoms with Gasteiger partial charge < -0.3 is 197 Å². The molecule has 0 radical (unpaired) electrons. The molecule has 0 rings (SSSR count). The van der Waals surface area contributed by atoms with Crippen LogP contribution in [-0.4, -0.2) is 130 Å². The molecule has 0 aromatic carbocycles. The number of carbonyl (C=O) groups is 12. The third-order valence-corrected chi connectivity index (χ3v) is 4.14. The molecule has 0 aliphatic carbocycles. The number of rotatable bonds is 18. The fraction of sp³-hybridized carbons (Fsp3) is 0.500. The molecule has 16 N–H and O–H groups in total. The number of hydrogen-bond donors (Lipinski definition) is 6. The topological polar surface area (TPSA) is 872 Å². The molecular formula is C24H34N6O32Zr6. The molecule has 376 valence electrons. The Balaban J connectivity index is -0.0000000217. The van der Waals surface area contributed by atoms with Crippen molar-refractivity contribution in [1.82, 2.24) is 0 Å². The molecule has 0 saturated carbocycles. The van der Waals surface area contributed by atoms with Gasteiger partial charge in [0.1, 0.15) is 0 Å². The number of carboxylic acid groups (broad SMARTS) is 12. The van der Waals surface area contributed by atoms with Crippen LogP contribution in [0.15, 0.2) is 0 Å². The summed E-state index contributed by atoms with van der Waals surface area (Å²) in [6.45, 7) is 0. The monoisotopic (exact) mass is 1460 g/mol. The second-order valence-electron chi connectivity index (χ2n) is 9.01. The Labute approximate surface area is 495 Å². The molecule has 68 heavy (non-hydrogen) atoms. The van der Waals surface area contributed by atoms with Crippen molar-refractivity contribution in [3.63, 3.8) is 0 Å². The Morgan fingerprint density at radius 2 is 0.294 bits per heavy atom. The van der Waals surface area contributed by atoms with Crippen LogP contribution in [0.2, 0.25) is 0 Å². The van der Waals surface area contributed by atoms with Gasteiger partial charge in [-0.05, 0) is 0 Å². The molecule has 38 nitrogen and oxygen atoms in total. The van der Waals surface area contributed by atoms with E-state index in [2.05, 4.69) is 0 Å². The third kappa shape index (κ3) is 120. The first-order chi connectivity index (χ1) is 24.2. The summed E-state index contributed by atoms with van der Waals surface area (Å²) in [6, 6.07) is -8.78. The molecule has 0 amide bonds. The second kappa shape index (κ2) is 79.5. The van der Waals surface area contributed by atoms with Crippen molar-refractivity contribution in [1.29, 1.82) is 0 Å². The summed E-state index contributed by atoms with van der Waals surface area (Å²) >= 11 is 0. The standard InChI is InChI=1S/6C4H7NO4.4H2O.4O.6Zr/c6*5-2(4(8)9)1-3(6)7;;;;;;;;;;;;;;/h6*2H,1,5H2,(H,6,7)(H,8,9);4*1H2;;;;;;;;;;/q;;;;;;;;;;4*-2;6*+4/p-16. The van der Waals surface area contributed by atoms with E-state index in [4.69, 9.17) is 34.4 Å². The molecule has 0 aromatic rings. The van der Waals surface area contributed by atoms with Crippen LogP contribution in [0.5, 0.6) is 0 Å². The van der Waals surface area contributed by atoms with E-state index in [9.17, 15) is 119 Å². The number of hydrogen-bond acceptors (Lipinski definition) is 34. The number of carboxylic acids is 12. The van der Waals surface area contributed by atoms with Crippen LogP contribution < -0.4 is 95.7 Å². The average molecular weight is 1470 g/mol. The van der Waals surface area contributed by atoms with Crippen molar-refractivity contribution < 1.29 is 320 Å². The molecule has 0 spiro atoms. The molecule has 0 heterocycles. The van der Waals surface area contributed by atoms with Gasteiger partial charge in [-0.1, -0.05) is 0 Å². The predicted octanol–water partition coefficient (Wildman–Crippen LogP) is -24.0. The van der Waals surface area contributed by atoms with Crippen molar-refractivity contribution in [2.75, 3.05) is 0 Å². The van der Waals surface area contributed by atoms with Crippen molar-refractivity contribution in [2.45, 2.75) is 74.8 Å². The summed E-state index contributed by atoms with van der Waals surface area (Å²) in [5.74, 6) is -18.5. The molecule has 0 saturated heterocycles. The van der Waals surface area contributed by atoms with Crippen molar-refractivity contribution >= 4 is 71.6 Å². The van der Waals surface area contributed by atoms with Gasteiger partial charge in [0.05, 0.1) is 35.8 Å². The van der Waals surface area contributed by atoms with Gasteiger partial charge in [-0.15, -0.1) is 0 Å². The fourth-order valence-corrected chi connectivity index (χ4v) is 1.58. The molecule has 6 atom stereocenters. The molecule has 0 aliphatic heterocycles. The van der Waals surface area contributed by atoms with Crippen LogP contribution in [0.1, 0.15) is 38.5 Å². The number of aliphatic carboxylic acids is 12. The first kappa shape index (κ1) is 132. The van der Waals surface area contributed by atoms with Crippen LogP contribution >= 0.6 is 0 Å². The summed E-state index contributed by atoms with van der Waals surface area (Å²) in [5.41, 5.74) is 28.4. The second-order valence-corrected chi connectivity index (χ2v) is 9.01. The first-order valence-electron chi connectivity index (χ1n) is 13.2. The van der Waals surface area contributed by atoms with E-state index in [-0.39, 0.29) is 201 Å². The molecule has 0 aromatic heterocycles. The van der Waals surface area contributed by atoms with Gasteiger partial charge in [0.25, 0.3) is 0 Å². The molecular weight excluding hydrogens is 1430 g/mol. The molecule has 6 unspecified atom stereocenters. The Morgan fingerprint density at radius 1 is 0.235 bits per heavy atom. The van der Waals surface area contributed by atoms with E-state index in [1.54, 1.807) is 0 Å². The molecule has 44 heteroatoms. The third-order valence-electron chi connectivity index (χ3n) is 4.14. The van der Waals surface area contributed by atoms with E-state index in [0.717, 1.165) is 0 Å². The normalized spacial score (nSPS) is 9.97. The smallest absolute Gasteiger partial charge is 2.00 e. The zero-order valence-electron chi connectivity index (χ0n) is 33.4. The predicted molar refractivity (Wildman–Crippen MR) is 146 cm³/mol. The zero-order valence-corrected chi connectivity index (χ0v) is 48.1. The van der Waals surface area contributed by atoms with Gasteiger partial charge in [-0.2, -0.15) is 0 Å². The Bertz CT molecular complexity index is 1080. The van der Waals surface area contributed by atoms with Crippen molar-refractivity contribution in [3.8, 4) is 0 Å². The van der Waals surface area contributed by atoms with Gasteiger partial charge in [0, 0.05) is 111 Å². The minimum atomic E-state index is -1.58. The van der Waals surface area contributed by atoms with Crippen LogP contribution in [-0.2, 0) is 237 Å². The minimum absolute atomic E-state index is 0. The van der Waals surface area contributed by atoms with Gasteiger partial charge in [0.2, 0.25) is 0 Å². The zero-order chi connectivity index (χ0) is 44.6. The van der Waals surface area contributed by atoms with Crippen LogP contribution in [0, 0.1) is 0 Å². The van der Waals surface area contributed by atoms with E-state index in [1.807, 2.05) is 0 Å². The Hall–Kier alpha value is -1.62. The van der Waals surface area contributed by atoms with Gasteiger partial charge in [-0.25, -0.2) is 0 Å². The van der Waals surface area contributed by atoms with E-state index >= 15 is 0 Å². The number of carbonyl (C=O) groups excluding carboxylic acids is 12. The maximum Gasteiger partial charge on any atom is 4.00 e. The molecule has 0 aliphatic rings. The Morgan fingerprint density at radius 3 is 0.309 bits per heavy atom. The van der Waals surface area contributed by atoms with Crippen LogP contribution in [0.4, 0.5) is 0 Å². The van der Waals surface area contributed by atoms with Crippen molar-refractivity contribution in [3.05, 3.63) is 0 Å². The summed E-state index contributed by atoms with van der Waals surface area (Å²) in [5, 5.41) is 116. The number of nitrogens with two attached hydrogens (primary N) is 6. The van der Waals surface area contributed by atoms with Crippen LogP contribution in [0.3, 0.4) is 0 Å². The SMILES string of the molecule is NC(CC(=O)[O-])C(=O)[O-].NC(CC(=O)[O-])C(=O)[O-].NC(CC(=O)[O-])C(=O)[O-].NC(CC(=O)[O-])C(=O)[O-].NC(CC(=O)[O-])C(=O)[O-].NC(CC(=O)[O-])C(=O)[O-].[O-2].[O-2].[O-2].[O-2].[OH-].[OH-].[OH-].[OH-].[Zr+4].[Zr+4].[Zr+4].[Zr+4].[Zr+4].[Zr+4]. The minimum Gasteiger partial charge on any atom is -2.00 e. The largest absolute Gasteiger partial charge is 4.00 e. The molecule has 0 bridgehead atoms. The maximum atomic E-state index is 9.71. The van der Waals surface area contributed by atoms with E-state index in [0.29, 0.717) is 0 Å².